The number of nitrogens with zero attached hydrogens (tertiary/aromatic N) is 1. The van der Waals surface area contributed by atoms with Crippen LogP contribution in [0.3, 0.4) is 0 Å². The van der Waals surface area contributed by atoms with Crippen molar-refractivity contribution in [2.45, 2.75) is 12.3 Å². The minimum atomic E-state index is -0.422. The maximum atomic E-state index is 13.0. The summed E-state index contributed by atoms with van der Waals surface area (Å²) in [4.78, 5) is 15.4. The Hall–Kier alpha value is -3.81. The normalized spacial score (nSPS) is 14.8. The molecule has 0 aliphatic carbocycles. The second-order valence-electron chi connectivity index (χ2n) is 9.31. The fourth-order valence-corrected chi connectivity index (χ4v) is 5.26. The lowest BCUT2D eigenvalue weighted by atomic mass is 9.85. The van der Waals surface area contributed by atoms with Gasteiger partial charge in [-0.3, -0.25) is 4.90 Å². The zero-order valence-corrected chi connectivity index (χ0v) is 22.1. The van der Waals surface area contributed by atoms with Crippen LogP contribution in [-0.4, -0.2) is 59.1 Å². The van der Waals surface area contributed by atoms with E-state index in [9.17, 15) is 4.79 Å². The van der Waals surface area contributed by atoms with Crippen molar-refractivity contribution in [3.63, 3.8) is 0 Å². The van der Waals surface area contributed by atoms with E-state index in [1.54, 1.807) is 21.3 Å². The Morgan fingerprint density at radius 2 is 1.58 bits per heavy atom. The van der Waals surface area contributed by atoms with Gasteiger partial charge in [0.15, 0.2) is 0 Å². The summed E-state index contributed by atoms with van der Waals surface area (Å²) in [5.41, 5.74) is 3.64. The smallest absolute Gasteiger partial charge is 0.336 e. The molecule has 7 heteroatoms. The molecular formula is C31H33NO6. The van der Waals surface area contributed by atoms with E-state index in [2.05, 4.69) is 17.0 Å². The van der Waals surface area contributed by atoms with Gasteiger partial charge in [0.2, 0.25) is 0 Å². The van der Waals surface area contributed by atoms with E-state index >= 15 is 0 Å². The van der Waals surface area contributed by atoms with Crippen LogP contribution in [0.4, 0.5) is 0 Å². The van der Waals surface area contributed by atoms with E-state index in [4.69, 9.17) is 23.4 Å². The molecule has 1 aliphatic rings. The van der Waals surface area contributed by atoms with Crippen LogP contribution < -0.4 is 19.8 Å². The molecule has 1 fully saturated rings. The molecule has 0 radical (unpaired) electrons. The predicted octanol–water partition coefficient (Wildman–Crippen LogP) is 5.34. The van der Waals surface area contributed by atoms with Gasteiger partial charge in [-0.2, -0.15) is 0 Å². The maximum Gasteiger partial charge on any atom is 0.336 e. The second-order valence-corrected chi connectivity index (χ2v) is 9.31. The van der Waals surface area contributed by atoms with Crippen LogP contribution in [0, 0.1) is 0 Å². The summed E-state index contributed by atoms with van der Waals surface area (Å²) in [5, 5.41) is 0.749. The lowest BCUT2D eigenvalue weighted by molar-refractivity contribution is 0.0369. The minimum absolute atomic E-state index is 0.110. The molecule has 0 amide bonds. The van der Waals surface area contributed by atoms with Crippen molar-refractivity contribution in [2.24, 2.45) is 0 Å². The number of fused-ring (bicyclic) bond motifs is 1. The van der Waals surface area contributed by atoms with Crippen molar-refractivity contribution in [2.75, 3.05) is 54.2 Å². The molecule has 0 N–H and O–H groups in total. The number of rotatable bonds is 9. The van der Waals surface area contributed by atoms with Gasteiger partial charge in [0.1, 0.15) is 22.8 Å². The summed E-state index contributed by atoms with van der Waals surface area (Å²) in [7, 11) is 4.91. The van der Waals surface area contributed by atoms with Gasteiger partial charge >= 0.3 is 5.63 Å². The Bertz CT molecular complexity index is 1430. The van der Waals surface area contributed by atoms with Gasteiger partial charge < -0.3 is 23.4 Å². The van der Waals surface area contributed by atoms with Crippen molar-refractivity contribution in [3.05, 3.63) is 88.3 Å². The van der Waals surface area contributed by atoms with Gasteiger partial charge in [-0.25, -0.2) is 4.79 Å². The summed E-state index contributed by atoms with van der Waals surface area (Å²) in [6, 6.07) is 21.3. The highest BCUT2D eigenvalue weighted by atomic mass is 16.5. The van der Waals surface area contributed by atoms with E-state index in [0.29, 0.717) is 17.1 Å². The van der Waals surface area contributed by atoms with Crippen LogP contribution in [0.5, 0.6) is 17.2 Å². The van der Waals surface area contributed by atoms with Gasteiger partial charge in [0.05, 0.1) is 39.9 Å². The number of hydrogen-bond acceptors (Lipinski definition) is 7. The zero-order valence-electron chi connectivity index (χ0n) is 22.1. The maximum absolute atomic E-state index is 13.0. The van der Waals surface area contributed by atoms with E-state index in [1.807, 2.05) is 48.5 Å². The third-order valence-electron chi connectivity index (χ3n) is 7.21. The summed E-state index contributed by atoms with van der Waals surface area (Å²) in [6.07, 6.45) is 0.795. The number of ether oxygens (including phenoxy) is 4. The third-order valence-corrected chi connectivity index (χ3v) is 7.21. The van der Waals surface area contributed by atoms with Crippen LogP contribution in [0.15, 0.2) is 75.9 Å². The standard InChI is InChI=1S/C31H33NO6/c1-34-23-11-9-22(10-12-23)24(13-14-32-15-17-37-18-16-32)29-26(35-2)20-27(36-3)30-25(19-28(33)38-31(29)30)21-7-5-4-6-8-21/h4-12,19-20,24H,13-18H2,1-3H3. The van der Waals surface area contributed by atoms with Crippen LogP contribution in [0.2, 0.25) is 0 Å². The van der Waals surface area contributed by atoms with Gasteiger partial charge in [0.25, 0.3) is 0 Å². The van der Waals surface area contributed by atoms with Crippen molar-refractivity contribution in [3.8, 4) is 28.4 Å². The SMILES string of the molecule is COc1ccc(C(CCN2CCOCC2)c2c(OC)cc(OC)c3c(-c4ccccc4)cc(=O)oc23)cc1. The average molecular weight is 516 g/mol. The lowest BCUT2D eigenvalue weighted by Gasteiger charge is -2.29. The highest BCUT2D eigenvalue weighted by Crippen LogP contribution is 2.46. The van der Waals surface area contributed by atoms with E-state index in [-0.39, 0.29) is 5.92 Å². The number of morpholine rings is 1. The van der Waals surface area contributed by atoms with Crippen LogP contribution >= 0.6 is 0 Å². The highest BCUT2D eigenvalue weighted by Gasteiger charge is 2.28. The van der Waals surface area contributed by atoms with E-state index < -0.39 is 5.63 Å². The number of methoxy groups -OCH3 is 3. The largest absolute Gasteiger partial charge is 0.497 e. The molecule has 1 aromatic heterocycles. The van der Waals surface area contributed by atoms with Gasteiger partial charge in [-0.1, -0.05) is 42.5 Å². The summed E-state index contributed by atoms with van der Waals surface area (Å²) in [6.45, 7) is 4.11. The molecule has 4 aromatic rings. The molecule has 3 aromatic carbocycles. The first-order valence-electron chi connectivity index (χ1n) is 12.8. The Morgan fingerprint density at radius 3 is 2.24 bits per heavy atom. The van der Waals surface area contributed by atoms with Crippen LogP contribution in [0.1, 0.15) is 23.5 Å². The average Bonchev–Trinajstić information content (AvgIpc) is 2.98. The molecular weight excluding hydrogens is 482 g/mol. The fraction of sp³-hybridized carbons (Fsp3) is 0.323. The Labute approximate surface area is 222 Å². The van der Waals surface area contributed by atoms with Gasteiger partial charge in [-0.15, -0.1) is 0 Å². The first-order chi connectivity index (χ1) is 18.6. The number of hydrogen-bond donors (Lipinski definition) is 0. The van der Waals surface area contributed by atoms with Crippen LogP contribution in [0.25, 0.3) is 22.1 Å². The molecule has 198 valence electrons. The number of benzene rings is 3. The summed E-state index contributed by atoms with van der Waals surface area (Å²) >= 11 is 0. The molecule has 0 spiro atoms. The zero-order chi connectivity index (χ0) is 26.5. The van der Waals surface area contributed by atoms with E-state index in [0.717, 1.165) is 72.7 Å². The summed E-state index contributed by atoms with van der Waals surface area (Å²) in [5.74, 6) is 1.88. The molecule has 1 unspecified atom stereocenters. The Kier molecular flexibility index (Phi) is 7.96. The monoisotopic (exact) mass is 515 g/mol. The third kappa shape index (κ3) is 5.26. The Balaban J connectivity index is 1.74. The topological polar surface area (TPSA) is 70.4 Å². The molecule has 0 bridgehead atoms. The van der Waals surface area contributed by atoms with E-state index in [1.165, 1.54) is 6.07 Å². The molecule has 2 heterocycles. The quantitative estimate of drug-likeness (QED) is 0.279. The second kappa shape index (κ2) is 11.7. The molecule has 1 saturated heterocycles. The highest BCUT2D eigenvalue weighted by molar-refractivity contribution is 6.00. The van der Waals surface area contributed by atoms with Crippen molar-refractivity contribution in [1.82, 2.24) is 4.90 Å². The fourth-order valence-electron chi connectivity index (χ4n) is 5.26. The molecule has 5 rings (SSSR count). The minimum Gasteiger partial charge on any atom is -0.497 e. The molecule has 0 saturated carbocycles. The molecule has 1 aliphatic heterocycles. The molecule has 38 heavy (non-hydrogen) atoms. The first-order valence-corrected chi connectivity index (χ1v) is 12.8. The molecule has 7 nitrogen and oxygen atoms in total. The van der Waals surface area contributed by atoms with Gasteiger partial charge in [-0.05, 0) is 36.2 Å². The van der Waals surface area contributed by atoms with Gasteiger partial charge in [0, 0.05) is 42.3 Å². The first kappa shape index (κ1) is 25.8. The van der Waals surface area contributed by atoms with Crippen molar-refractivity contribution < 1.29 is 23.4 Å². The Morgan fingerprint density at radius 1 is 0.868 bits per heavy atom. The van der Waals surface area contributed by atoms with Crippen LogP contribution in [-0.2, 0) is 4.74 Å². The molecule has 1 atom stereocenters. The predicted molar refractivity (Wildman–Crippen MR) is 148 cm³/mol. The lowest BCUT2D eigenvalue weighted by Crippen LogP contribution is -2.37. The van der Waals surface area contributed by atoms with Crippen molar-refractivity contribution >= 4 is 11.0 Å². The van der Waals surface area contributed by atoms with Crippen molar-refractivity contribution in [1.29, 1.82) is 0 Å². The summed E-state index contributed by atoms with van der Waals surface area (Å²) < 4.78 is 28.7.